The molecule has 0 aliphatic rings. The zero-order valence-electron chi connectivity index (χ0n) is 15.4. The van der Waals surface area contributed by atoms with Crippen LogP contribution in [0.2, 0.25) is 0 Å². The lowest BCUT2D eigenvalue weighted by atomic mass is 10.0. The molecule has 1 amide bonds. The smallest absolute Gasteiger partial charge is 0.255 e. The Labute approximate surface area is 148 Å². The third-order valence-electron chi connectivity index (χ3n) is 4.14. The van der Waals surface area contributed by atoms with Crippen LogP contribution < -0.4 is 19.5 Å². The normalized spacial score (nSPS) is 11.6. The van der Waals surface area contributed by atoms with Crippen LogP contribution in [0.1, 0.15) is 40.9 Å². The molecule has 0 bridgehead atoms. The Balaban J connectivity index is 2.31. The van der Waals surface area contributed by atoms with Gasteiger partial charge in [-0.3, -0.25) is 4.79 Å². The number of benzene rings is 2. The van der Waals surface area contributed by atoms with Crippen molar-refractivity contribution in [1.82, 2.24) is 5.32 Å². The Morgan fingerprint density at radius 2 is 1.52 bits per heavy atom. The van der Waals surface area contributed by atoms with Gasteiger partial charge in [0.2, 0.25) is 0 Å². The van der Waals surface area contributed by atoms with E-state index in [9.17, 15) is 4.79 Å². The van der Waals surface area contributed by atoms with Crippen LogP contribution in [0.25, 0.3) is 0 Å². The van der Waals surface area contributed by atoms with E-state index in [-0.39, 0.29) is 11.9 Å². The molecule has 25 heavy (non-hydrogen) atoms. The lowest BCUT2D eigenvalue weighted by Crippen LogP contribution is -2.28. The summed E-state index contributed by atoms with van der Waals surface area (Å²) in [4.78, 5) is 12.8. The second-order valence-corrected chi connectivity index (χ2v) is 5.75. The molecule has 0 unspecified atom stereocenters. The van der Waals surface area contributed by atoms with Gasteiger partial charge in [-0.05, 0) is 18.9 Å². The molecular weight excluding hydrogens is 318 g/mol. The van der Waals surface area contributed by atoms with Gasteiger partial charge in [-0.15, -0.1) is 0 Å². The van der Waals surface area contributed by atoms with Crippen molar-refractivity contribution in [3.63, 3.8) is 0 Å². The minimum Gasteiger partial charge on any atom is -0.496 e. The Bertz CT molecular complexity index is 725. The van der Waals surface area contributed by atoms with E-state index < -0.39 is 0 Å². The molecule has 0 aliphatic heterocycles. The second-order valence-electron chi connectivity index (χ2n) is 5.75. The summed E-state index contributed by atoms with van der Waals surface area (Å²) in [5.41, 5.74) is 2.66. The molecule has 134 valence electrons. The lowest BCUT2D eigenvalue weighted by molar-refractivity contribution is 0.0932. The van der Waals surface area contributed by atoms with Crippen LogP contribution in [0.3, 0.4) is 0 Å². The van der Waals surface area contributed by atoms with Gasteiger partial charge in [-0.1, -0.05) is 36.8 Å². The van der Waals surface area contributed by atoms with Crippen LogP contribution in [0.4, 0.5) is 0 Å². The highest BCUT2D eigenvalue weighted by molar-refractivity contribution is 5.98. The van der Waals surface area contributed by atoms with Crippen molar-refractivity contribution >= 4 is 5.91 Å². The molecule has 0 aromatic heterocycles. The Hall–Kier alpha value is -2.69. The van der Waals surface area contributed by atoms with Crippen molar-refractivity contribution in [2.24, 2.45) is 0 Å². The fraction of sp³-hybridized carbons (Fsp3) is 0.350. The standard InChI is InChI=1S/C20H25NO4/c1-6-16(14-9-7-13(2)8-10-14)21-20(22)15-11-18(24-4)19(25-5)12-17(15)23-3/h7-12,16H,6H2,1-5H3,(H,21,22)/t16-/m0/s1. The number of methoxy groups -OCH3 is 3. The fourth-order valence-electron chi connectivity index (χ4n) is 2.66. The molecule has 2 rings (SSSR count). The van der Waals surface area contributed by atoms with Gasteiger partial charge in [0.25, 0.3) is 5.91 Å². The minimum atomic E-state index is -0.217. The summed E-state index contributed by atoms with van der Waals surface area (Å²) in [6.07, 6.45) is 0.782. The zero-order valence-corrected chi connectivity index (χ0v) is 15.4. The summed E-state index contributed by atoms with van der Waals surface area (Å²) >= 11 is 0. The number of nitrogens with one attached hydrogen (secondary N) is 1. The molecule has 0 fully saturated rings. The van der Waals surface area contributed by atoms with Crippen LogP contribution in [0.15, 0.2) is 36.4 Å². The van der Waals surface area contributed by atoms with Gasteiger partial charge in [-0.2, -0.15) is 0 Å². The Morgan fingerprint density at radius 1 is 0.960 bits per heavy atom. The molecule has 2 aromatic rings. The van der Waals surface area contributed by atoms with E-state index in [1.54, 1.807) is 19.2 Å². The van der Waals surface area contributed by atoms with Gasteiger partial charge in [0, 0.05) is 12.1 Å². The third kappa shape index (κ3) is 4.24. The number of hydrogen-bond donors (Lipinski definition) is 1. The number of hydrogen-bond acceptors (Lipinski definition) is 4. The van der Waals surface area contributed by atoms with E-state index in [4.69, 9.17) is 14.2 Å². The molecule has 5 nitrogen and oxygen atoms in total. The average Bonchev–Trinajstić information content (AvgIpc) is 2.65. The van der Waals surface area contributed by atoms with E-state index in [1.807, 2.05) is 38.1 Å². The number of carbonyl (C=O) groups excluding carboxylic acids is 1. The van der Waals surface area contributed by atoms with Crippen LogP contribution in [-0.2, 0) is 0 Å². The molecule has 1 N–H and O–H groups in total. The van der Waals surface area contributed by atoms with Crippen molar-refractivity contribution in [2.75, 3.05) is 21.3 Å². The number of carbonyl (C=O) groups is 1. The quantitative estimate of drug-likeness (QED) is 0.828. The number of rotatable bonds is 7. The van der Waals surface area contributed by atoms with Crippen LogP contribution in [0.5, 0.6) is 17.2 Å². The van der Waals surface area contributed by atoms with Gasteiger partial charge in [0.15, 0.2) is 11.5 Å². The van der Waals surface area contributed by atoms with Crippen molar-refractivity contribution < 1.29 is 19.0 Å². The SMILES string of the molecule is CC[C@H](NC(=O)c1cc(OC)c(OC)cc1OC)c1ccc(C)cc1. The predicted molar refractivity (Wildman–Crippen MR) is 97.8 cm³/mol. The highest BCUT2D eigenvalue weighted by Gasteiger charge is 2.20. The third-order valence-corrected chi connectivity index (χ3v) is 4.14. The summed E-state index contributed by atoms with van der Waals surface area (Å²) in [5.74, 6) is 1.22. The number of amides is 1. The topological polar surface area (TPSA) is 56.8 Å². The summed E-state index contributed by atoms with van der Waals surface area (Å²) < 4.78 is 15.9. The van der Waals surface area contributed by atoms with E-state index >= 15 is 0 Å². The maximum absolute atomic E-state index is 12.8. The van der Waals surface area contributed by atoms with Gasteiger partial charge in [0.05, 0.1) is 32.9 Å². The monoisotopic (exact) mass is 343 g/mol. The molecule has 2 aromatic carbocycles. The predicted octanol–water partition coefficient (Wildman–Crippen LogP) is 3.90. The van der Waals surface area contributed by atoms with Crippen molar-refractivity contribution in [2.45, 2.75) is 26.3 Å². The molecular formula is C20H25NO4. The van der Waals surface area contributed by atoms with Gasteiger partial charge < -0.3 is 19.5 Å². The highest BCUT2D eigenvalue weighted by Crippen LogP contribution is 2.35. The summed E-state index contributed by atoms with van der Waals surface area (Å²) in [5, 5.41) is 3.07. The fourth-order valence-corrected chi connectivity index (χ4v) is 2.66. The van der Waals surface area contributed by atoms with E-state index in [0.717, 1.165) is 12.0 Å². The van der Waals surface area contributed by atoms with Crippen molar-refractivity contribution in [3.8, 4) is 17.2 Å². The molecule has 0 spiro atoms. The van der Waals surface area contributed by atoms with Gasteiger partial charge >= 0.3 is 0 Å². The van der Waals surface area contributed by atoms with Crippen molar-refractivity contribution in [3.05, 3.63) is 53.1 Å². The Kier molecular flexibility index (Phi) is 6.28. The van der Waals surface area contributed by atoms with E-state index in [1.165, 1.54) is 19.8 Å². The van der Waals surface area contributed by atoms with Crippen molar-refractivity contribution in [1.29, 1.82) is 0 Å². The van der Waals surface area contributed by atoms with Crippen LogP contribution in [-0.4, -0.2) is 27.2 Å². The maximum atomic E-state index is 12.8. The first-order valence-electron chi connectivity index (χ1n) is 8.21. The summed E-state index contributed by atoms with van der Waals surface area (Å²) in [7, 11) is 4.60. The number of aryl methyl sites for hydroxylation is 1. The first-order valence-corrected chi connectivity index (χ1v) is 8.21. The minimum absolute atomic E-state index is 0.0779. The molecule has 0 radical (unpaired) electrons. The highest BCUT2D eigenvalue weighted by atomic mass is 16.5. The molecule has 0 heterocycles. The summed E-state index contributed by atoms with van der Waals surface area (Å²) in [6.45, 7) is 4.08. The molecule has 5 heteroatoms. The second kappa shape index (κ2) is 8.42. The van der Waals surface area contributed by atoms with Gasteiger partial charge in [0.1, 0.15) is 5.75 Å². The first-order chi connectivity index (χ1) is 12.0. The lowest BCUT2D eigenvalue weighted by Gasteiger charge is -2.19. The molecule has 0 saturated heterocycles. The maximum Gasteiger partial charge on any atom is 0.255 e. The average molecular weight is 343 g/mol. The largest absolute Gasteiger partial charge is 0.496 e. The van der Waals surface area contributed by atoms with E-state index in [2.05, 4.69) is 5.32 Å². The van der Waals surface area contributed by atoms with E-state index in [0.29, 0.717) is 22.8 Å². The zero-order chi connectivity index (χ0) is 18.4. The first kappa shape index (κ1) is 18.6. The van der Waals surface area contributed by atoms with Crippen LogP contribution in [0, 0.1) is 6.92 Å². The van der Waals surface area contributed by atoms with Gasteiger partial charge in [-0.25, -0.2) is 0 Å². The molecule has 0 aliphatic carbocycles. The van der Waals surface area contributed by atoms with Crippen LogP contribution >= 0.6 is 0 Å². The Morgan fingerprint density at radius 3 is 2.04 bits per heavy atom. The summed E-state index contributed by atoms with van der Waals surface area (Å²) in [6, 6.07) is 11.4. The molecule has 1 atom stereocenters. The molecule has 0 saturated carbocycles. The number of ether oxygens (including phenoxy) is 3.